The molecule has 0 aromatic heterocycles. The summed E-state index contributed by atoms with van der Waals surface area (Å²) in [5.74, 6) is 0. The molecule has 0 radical (unpaired) electrons. The van der Waals surface area contributed by atoms with Crippen molar-refractivity contribution < 1.29 is 8.42 Å². The van der Waals surface area contributed by atoms with E-state index in [1.54, 1.807) is 0 Å². The Morgan fingerprint density at radius 1 is 1.11 bits per heavy atom. The van der Waals surface area contributed by atoms with Gasteiger partial charge in [-0.15, -0.1) is 0 Å². The lowest BCUT2D eigenvalue weighted by atomic mass is 10.2. The van der Waals surface area contributed by atoms with E-state index >= 15 is 0 Å². The fraction of sp³-hybridized carbons (Fsp3) is 0.462. The first-order valence-corrected chi connectivity index (χ1v) is 7.50. The number of nitriles is 1. The highest BCUT2D eigenvalue weighted by Crippen LogP contribution is 2.17. The number of nitrogens with zero attached hydrogens (tertiary/aromatic N) is 2. The molecule has 0 aliphatic rings. The molecule has 1 aromatic rings. The number of rotatable bonds is 6. The summed E-state index contributed by atoms with van der Waals surface area (Å²) in [5.41, 5.74) is 0.464. The average Bonchev–Trinajstić information content (AvgIpc) is 2.38. The summed E-state index contributed by atoms with van der Waals surface area (Å²) in [6.07, 6.45) is 1.57. The first kappa shape index (κ1) is 14.7. The minimum absolute atomic E-state index is 0.253. The third-order valence-electron chi connectivity index (χ3n) is 2.57. The molecule has 0 atom stereocenters. The molecule has 0 amide bonds. The van der Waals surface area contributed by atoms with Gasteiger partial charge in [-0.1, -0.05) is 13.8 Å². The van der Waals surface area contributed by atoms with Gasteiger partial charge in [0.1, 0.15) is 0 Å². The topological polar surface area (TPSA) is 61.2 Å². The van der Waals surface area contributed by atoms with Crippen LogP contribution in [0.1, 0.15) is 32.3 Å². The van der Waals surface area contributed by atoms with Gasteiger partial charge in [0.2, 0.25) is 10.0 Å². The molecule has 98 valence electrons. The molecule has 0 aliphatic carbocycles. The fourth-order valence-electron chi connectivity index (χ4n) is 1.70. The zero-order valence-corrected chi connectivity index (χ0v) is 11.6. The van der Waals surface area contributed by atoms with E-state index in [0.717, 1.165) is 12.8 Å². The van der Waals surface area contributed by atoms with Crippen LogP contribution in [0.5, 0.6) is 0 Å². The van der Waals surface area contributed by atoms with E-state index in [4.69, 9.17) is 5.26 Å². The quantitative estimate of drug-likeness (QED) is 0.794. The SMILES string of the molecule is CCCN(CCC)S(=O)(=O)c1ccc(C#N)cc1. The van der Waals surface area contributed by atoms with Gasteiger partial charge in [0, 0.05) is 13.1 Å². The number of hydrogen-bond acceptors (Lipinski definition) is 3. The van der Waals surface area contributed by atoms with Crippen molar-refractivity contribution in [1.82, 2.24) is 4.31 Å². The Hall–Kier alpha value is -1.38. The average molecular weight is 266 g/mol. The third kappa shape index (κ3) is 3.31. The molecule has 0 aliphatic heterocycles. The molecule has 0 saturated carbocycles. The van der Waals surface area contributed by atoms with Crippen molar-refractivity contribution in [3.63, 3.8) is 0 Å². The molecule has 5 heteroatoms. The first-order valence-electron chi connectivity index (χ1n) is 6.06. The van der Waals surface area contributed by atoms with Gasteiger partial charge in [-0.3, -0.25) is 0 Å². The van der Waals surface area contributed by atoms with Crippen molar-refractivity contribution in [1.29, 1.82) is 5.26 Å². The highest BCUT2D eigenvalue weighted by Gasteiger charge is 2.22. The van der Waals surface area contributed by atoms with E-state index < -0.39 is 10.0 Å². The maximum Gasteiger partial charge on any atom is 0.243 e. The zero-order chi connectivity index (χ0) is 13.6. The normalized spacial score (nSPS) is 11.4. The Labute approximate surface area is 109 Å². The summed E-state index contributed by atoms with van der Waals surface area (Å²) in [5, 5.41) is 8.70. The highest BCUT2D eigenvalue weighted by molar-refractivity contribution is 7.89. The van der Waals surface area contributed by atoms with E-state index in [0.29, 0.717) is 18.7 Å². The monoisotopic (exact) mass is 266 g/mol. The van der Waals surface area contributed by atoms with Crippen LogP contribution >= 0.6 is 0 Å². The van der Waals surface area contributed by atoms with Crippen LogP contribution in [0.4, 0.5) is 0 Å². The van der Waals surface area contributed by atoms with E-state index in [1.165, 1.54) is 28.6 Å². The van der Waals surface area contributed by atoms with Gasteiger partial charge in [0.15, 0.2) is 0 Å². The zero-order valence-electron chi connectivity index (χ0n) is 10.8. The predicted molar refractivity (Wildman–Crippen MR) is 70.5 cm³/mol. The molecular weight excluding hydrogens is 248 g/mol. The highest BCUT2D eigenvalue weighted by atomic mass is 32.2. The fourth-order valence-corrected chi connectivity index (χ4v) is 3.33. The van der Waals surface area contributed by atoms with Gasteiger partial charge < -0.3 is 0 Å². The number of hydrogen-bond donors (Lipinski definition) is 0. The van der Waals surface area contributed by atoms with Crippen LogP contribution in [0.15, 0.2) is 29.2 Å². The van der Waals surface area contributed by atoms with Crippen molar-refractivity contribution in [3.8, 4) is 6.07 Å². The lowest BCUT2D eigenvalue weighted by molar-refractivity contribution is 0.410. The molecule has 0 bridgehead atoms. The Kier molecular flexibility index (Phi) is 5.32. The second-order valence-electron chi connectivity index (χ2n) is 4.04. The minimum atomic E-state index is -3.43. The van der Waals surface area contributed by atoms with Crippen LogP contribution in [0, 0.1) is 11.3 Å². The van der Waals surface area contributed by atoms with Crippen LogP contribution in [-0.2, 0) is 10.0 Å². The molecule has 4 nitrogen and oxygen atoms in total. The summed E-state index contributed by atoms with van der Waals surface area (Å²) in [6.45, 7) is 4.96. The van der Waals surface area contributed by atoms with Crippen LogP contribution in [0.2, 0.25) is 0 Å². The smallest absolute Gasteiger partial charge is 0.207 e. The first-order chi connectivity index (χ1) is 8.56. The number of sulfonamides is 1. The maximum absolute atomic E-state index is 12.4. The Morgan fingerprint density at radius 3 is 2.00 bits per heavy atom. The lowest BCUT2D eigenvalue weighted by Crippen LogP contribution is -2.32. The Morgan fingerprint density at radius 2 is 1.61 bits per heavy atom. The van der Waals surface area contributed by atoms with Crippen molar-refractivity contribution in [3.05, 3.63) is 29.8 Å². The second-order valence-corrected chi connectivity index (χ2v) is 5.98. The largest absolute Gasteiger partial charge is 0.243 e. The third-order valence-corrected chi connectivity index (χ3v) is 4.48. The van der Waals surface area contributed by atoms with E-state index in [2.05, 4.69) is 0 Å². The molecule has 1 rings (SSSR count). The van der Waals surface area contributed by atoms with Gasteiger partial charge in [-0.25, -0.2) is 8.42 Å². The summed E-state index contributed by atoms with van der Waals surface area (Å²) in [7, 11) is -3.43. The second kappa shape index (κ2) is 6.53. The molecule has 1 aromatic carbocycles. The van der Waals surface area contributed by atoms with Crippen LogP contribution in [-0.4, -0.2) is 25.8 Å². The van der Waals surface area contributed by atoms with Gasteiger partial charge in [-0.2, -0.15) is 9.57 Å². The molecule has 0 spiro atoms. The maximum atomic E-state index is 12.4. The van der Waals surface area contributed by atoms with Crippen molar-refractivity contribution in [2.45, 2.75) is 31.6 Å². The molecule has 0 N–H and O–H groups in total. The Balaban J connectivity index is 3.06. The summed E-state index contributed by atoms with van der Waals surface area (Å²) in [4.78, 5) is 0.253. The Bertz CT molecular complexity index is 509. The van der Waals surface area contributed by atoms with Gasteiger partial charge in [0.05, 0.1) is 16.5 Å². The van der Waals surface area contributed by atoms with Crippen molar-refractivity contribution in [2.75, 3.05) is 13.1 Å². The predicted octanol–water partition coefficient (Wildman–Crippen LogP) is 2.37. The standard InChI is InChI=1S/C13H18N2O2S/c1-3-9-15(10-4-2)18(16,17)13-7-5-12(11-14)6-8-13/h5-8H,3-4,9-10H2,1-2H3. The van der Waals surface area contributed by atoms with Gasteiger partial charge in [-0.05, 0) is 37.1 Å². The molecule has 0 heterocycles. The van der Waals surface area contributed by atoms with E-state index in [-0.39, 0.29) is 4.90 Å². The molecule has 18 heavy (non-hydrogen) atoms. The molecule has 0 fully saturated rings. The van der Waals surface area contributed by atoms with Crippen LogP contribution in [0.25, 0.3) is 0 Å². The molecule has 0 saturated heterocycles. The summed E-state index contributed by atoms with van der Waals surface area (Å²) in [6, 6.07) is 8.02. The number of benzene rings is 1. The lowest BCUT2D eigenvalue weighted by Gasteiger charge is -2.20. The van der Waals surface area contributed by atoms with E-state index in [1.807, 2.05) is 19.9 Å². The van der Waals surface area contributed by atoms with Crippen LogP contribution < -0.4 is 0 Å². The summed E-state index contributed by atoms with van der Waals surface area (Å²) < 4.78 is 26.2. The van der Waals surface area contributed by atoms with Crippen molar-refractivity contribution >= 4 is 10.0 Å². The van der Waals surface area contributed by atoms with E-state index in [9.17, 15) is 8.42 Å². The molecular formula is C13H18N2O2S. The molecule has 0 unspecified atom stereocenters. The van der Waals surface area contributed by atoms with Gasteiger partial charge >= 0.3 is 0 Å². The summed E-state index contributed by atoms with van der Waals surface area (Å²) >= 11 is 0. The minimum Gasteiger partial charge on any atom is -0.207 e. The van der Waals surface area contributed by atoms with Crippen molar-refractivity contribution in [2.24, 2.45) is 0 Å². The van der Waals surface area contributed by atoms with Gasteiger partial charge in [0.25, 0.3) is 0 Å². The van der Waals surface area contributed by atoms with Crippen LogP contribution in [0.3, 0.4) is 0 Å².